The Morgan fingerprint density at radius 1 is 1.10 bits per heavy atom. The van der Waals surface area contributed by atoms with Crippen LogP contribution in [-0.4, -0.2) is 31.7 Å². The van der Waals surface area contributed by atoms with Gasteiger partial charge in [0.1, 0.15) is 5.82 Å². The molecule has 1 aromatic carbocycles. The molecular weight excluding hydrogens is 464 g/mol. The van der Waals surface area contributed by atoms with Crippen molar-refractivity contribution >= 4 is 27.9 Å². The molecule has 158 valence electrons. The van der Waals surface area contributed by atoms with Crippen molar-refractivity contribution in [3.05, 3.63) is 75.7 Å². The molecule has 1 aliphatic carbocycles. The quantitative estimate of drug-likeness (QED) is 0.384. The molecule has 2 heterocycles. The van der Waals surface area contributed by atoms with Gasteiger partial charge in [0, 0.05) is 22.0 Å². The SMILES string of the molecule is CCc1nc(C)c(C(=O)O)n1Cc1c2ccocc-2c(Br)c1-c1ccccc1C(=O)O. The number of hydrogen-bond donors (Lipinski definition) is 2. The van der Waals surface area contributed by atoms with Crippen molar-refractivity contribution < 1.29 is 24.2 Å². The van der Waals surface area contributed by atoms with Crippen LogP contribution in [0.5, 0.6) is 0 Å². The fourth-order valence-electron chi connectivity index (χ4n) is 4.04. The number of benzene rings is 1. The van der Waals surface area contributed by atoms with Crippen molar-refractivity contribution in [2.45, 2.75) is 26.8 Å². The summed E-state index contributed by atoms with van der Waals surface area (Å²) in [6.07, 6.45) is 3.70. The summed E-state index contributed by atoms with van der Waals surface area (Å²) in [4.78, 5) is 28.3. The zero-order valence-electron chi connectivity index (χ0n) is 16.8. The summed E-state index contributed by atoms with van der Waals surface area (Å²) in [5.41, 5.74) is 4.38. The summed E-state index contributed by atoms with van der Waals surface area (Å²) in [6, 6.07) is 8.56. The van der Waals surface area contributed by atoms with E-state index in [0.717, 1.165) is 16.7 Å². The van der Waals surface area contributed by atoms with E-state index in [1.165, 1.54) is 0 Å². The molecule has 0 amide bonds. The predicted octanol–water partition coefficient (Wildman–Crippen LogP) is 5.33. The minimum Gasteiger partial charge on any atom is -0.478 e. The number of carbonyl (C=O) groups is 2. The Morgan fingerprint density at radius 3 is 2.52 bits per heavy atom. The highest BCUT2D eigenvalue weighted by Crippen LogP contribution is 2.47. The Hall–Kier alpha value is -3.39. The highest BCUT2D eigenvalue weighted by Gasteiger charge is 2.28. The minimum atomic E-state index is -1.05. The topological polar surface area (TPSA) is 106 Å². The molecule has 0 fully saturated rings. The monoisotopic (exact) mass is 482 g/mol. The lowest BCUT2D eigenvalue weighted by molar-refractivity contribution is 0.0678. The second kappa shape index (κ2) is 8.03. The maximum absolute atomic E-state index is 12.0. The number of halogens is 1. The predicted molar refractivity (Wildman–Crippen MR) is 118 cm³/mol. The first-order valence-corrected chi connectivity index (χ1v) is 10.4. The molecule has 2 aromatic rings. The lowest BCUT2D eigenvalue weighted by Gasteiger charge is -2.14. The Bertz CT molecular complexity index is 1290. The van der Waals surface area contributed by atoms with Crippen LogP contribution in [0.1, 0.15) is 44.9 Å². The van der Waals surface area contributed by atoms with Crippen LogP contribution in [0.25, 0.3) is 22.3 Å². The first-order valence-electron chi connectivity index (χ1n) is 9.63. The highest BCUT2D eigenvalue weighted by molar-refractivity contribution is 9.10. The largest absolute Gasteiger partial charge is 0.478 e. The van der Waals surface area contributed by atoms with Crippen LogP contribution in [0.3, 0.4) is 0 Å². The number of aryl methyl sites for hydroxylation is 2. The van der Waals surface area contributed by atoms with E-state index in [9.17, 15) is 19.8 Å². The van der Waals surface area contributed by atoms with Crippen LogP contribution in [0.2, 0.25) is 0 Å². The van der Waals surface area contributed by atoms with Gasteiger partial charge < -0.3 is 19.2 Å². The molecule has 4 rings (SSSR count). The fraction of sp³-hybridized carbons (Fsp3) is 0.174. The van der Waals surface area contributed by atoms with Crippen LogP contribution in [0, 0.1) is 6.92 Å². The van der Waals surface area contributed by atoms with Crippen molar-refractivity contribution in [3.8, 4) is 22.3 Å². The van der Waals surface area contributed by atoms with Gasteiger partial charge in [-0.25, -0.2) is 14.6 Å². The second-order valence-electron chi connectivity index (χ2n) is 7.11. The lowest BCUT2D eigenvalue weighted by Crippen LogP contribution is -2.13. The number of carboxylic acid groups (broad SMARTS) is 2. The summed E-state index contributed by atoms with van der Waals surface area (Å²) in [5.74, 6) is -1.44. The molecule has 0 unspecified atom stereocenters. The summed E-state index contributed by atoms with van der Waals surface area (Å²) in [6.45, 7) is 3.82. The van der Waals surface area contributed by atoms with E-state index < -0.39 is 11.9 Å². The standard InChI is InChI=1S/C23H19BrN2O5/c1-3-18-25-12(2)21(23(29)30)26(18)10-16-13-8-9-31-11-17(13)20(24)19(16)14-6-4-5-7-15(14)22(27)28/h4-9,11H,3,10H2,1-2H3,(H,27,28)(H,29,30). The van der Waals surface area contributed by atoms with Crippen molar-refractivity contribution in [2.75, 3.05) is 0 Å². The molecule has 2 N–H and O–H groups in total. The van der Waals surface area contributed by atoms with E-state index >= 15 is 0 Å². The molecule has 1 aromatic heterocycles. The fourth-order valence-corrected chi connectivity index (χ4v) is 4.80. The van der Waals surface area contributed by atoms with Gasteiger partial charge in [0.2, 0.25) is 0 Å². The molecule has 0 saturated heterocycles. The summed E-state index contributed by atoms with van der Waals surface area (Å²) >= 11 is 3.63. The number of hydrogen-bond acceptors (Lipinski definition) is 4. The molecule has 0 spiro atoms. The zero-order chi connectivity index (χ0) is 22.3. The molecule has 0 radical (unpaired) electrons. The van der Waals surface area contributed by atoms with Crippen molar-refractivity contribution in [1.29, 1.82) is 0 Å². The Balaban J connectivity index is 2.03. The minimum absolute atomic E-state index is 0.125. The number of aromatic carboxylic acids is 2. The molecule has 2 aliphatic rings. The third-order valence-electron chi connectivity index (χ3n) is 5.35. The van der Waals surface area contributed by atoms with Crippen molar-refractivity contribution in [3.63, 3.8) is 0 Å². The molecule has 0 atom stereocenters. The summed E-state index contributed by atoms with van der Waals surface area (Å²) in [5, 5.41) is 19.5. The van der Waals surface area contributed by atoms with Crippen molar-refractivity contribution in [1.82, 2.24) is 9.55 Å². The van der Waals surface area contributed by atoms with Gasteiger partial charge >= 0.3 is 11.9 Å². The first-order chi connectivity index (χ1) is 14.8. The number of fused-ring (bicyclic) bond motifs is 1. The highest BCUT2D eigenvalue weighted by atomic mass is 79.9. The molecule has 8 heteroatoms. The van der Waals surface area contributed by atoms with E-state index in [0.29, 0.717) is 33.5 Å². The average molecular weight is 483 g/mol. The summed E-state index contributed by atoms with van der Waals surface area (Å²) < 4.78 is 7.74. The van der Waals surface area contributed by atoms with E-state index in [2.05, 4.69) is 20.9 Å². The van der Waals surface area contributed by atoms with E-state index in [1.54, 1.807) is 54.3 Å². The molecule has 31 heavy (non-hydrogen) atoms. The van der Waals surface area contributed by atoms with Gasteiger partial charge in [-0.1, -0.05) is 25.1 Å². The van der Waals surface area contributed by atoms with E-state index in [-0.39, 0.29) is 17.8 Å². The van der Waals surface area contributed by atoms with Gasteiger partial charge in [-0.15, -0.1) is 0 Å². The molecular formula is C23H19BrN2O5. The molecule has 0 bridgehead atoms. The Labute approximate surface area is 186 Å². The summed E-state index contributed by atoms with van der Waals surface area (Å²) in [7, 11) is 0. The number of aromatic nitrogens is 2. The van der Waals surface area contributed by atoms with Crippen LogP contribution in [0.4, 0.5) is 0 Å². The maximum atomic E-state index is 12.0. The van der Waals surface area contributed by atoms with Crippen LogP contribution >= 0.6 is 15.9 Å². The van der Waals surface area contributed by atoms with Gasteiger partial charge in [0.25, 0.3) is 0 Å². The number of carboxylic acids is 2. The van der Waals surface area contributed by atoms with Gasteiger partial charge in [-0.05, 0) is 51.7 Å². The van der Waals surface area contributed by atoms with Crippen LogP contribution < -0.4 is 0 Å². The Morgan fingerprint density at radius 2 is 1.84 bits per heavy atom. The molecule has 1 aliphatic heterocycles. The second-order valence-corrected chi connectivity index (χ2v) is 7.90. The van der Waals surface area contributed by atoms with Crippen LogP contribution in [0.15, 0.2) is 51.7 Å². The number of nitrogens with zero attached hydrogens (tertiary/aromatic N) is 2. The van der Waals surface area contributed by atoms with E-state index in [4.69, 9.17) is 4.42 Å². The first kappa shape index (κ1) is 20.9. The third-order valence-corrected chi connectivity index (χ3v) is 6.18. The van der Waals surface area contributed by atoms with Gasteiger partial charge in [-0.3, -0.25) is 0 Å². The Kier molecular flexibility index (Phi) is 5.41. The van der Waals surface area contributed by atoms with Gasteiger partial charge in [0.05, 0.1) is 30.3 Å². The third kappa shape index (κ3) is 3.42. The van der Waals surface area contributed by atoms with Crippen molar-refractivity contribution in [2.24, 2.45) is 0 Å². The normalized spacial score (nSPS) is 11.2. The van der Waals surface area contributed by atoms with Gasteiger partial charge in [0.15, 0.2) is 5.69 Å². The van der Waals surface area contributed by atoms with Gasteiger partial charge in [-0.2, -0.15) is 0 Å². The number of imidazole rings is 1. The number of rotatable bonds is 6. The van der Waals surface area contributed by atoms with E-state index in [1.807, 2.05) is 6.92 Å². The average Bonchev–Trinajstić information content (AvgIpc) is 3.22. The molecule has 0 saturated carbocycles. The van der Waals surface area contributed by atoms with Crippen LogP contribution in [-0.2, 0) is 13.0 Å². The lowest BCUT2D eigenvalue weighted by atomic mass is 9.98. The smallest absolute Gasteiger partial charge is 0.354 e. The maximum Gasteiger partial charge on any atom is 0.354 e. The molecule has 7 nitrogen and oxygen atoms in total. The zero-order valence-corrected chi connectivity index (χ0v) is 18.4.